The van der Waals surface area contributed by atoms with Crippen molar-refractivity contribution in [2.75, 3.05) is 5.32 Å². The Morgan fingerprint density at radius 3 is 3.00 bits per heavy atom. The fourth-order valence-electron chi connectivity index (χ4n) is 1.26. The number of hydrogen-bond acceptors (Lipinski definition) is 5. The number of carbonyl (C=O) groups is 1. The van der Waals surface area contributed by atoms with Gasteiger partial charge in [-0.2, -0.15) is 0 Å². The van der Waals surface area contributed by atoms with E-state index in [1.807, 2.05) is 0 Å². The summed E-state index contributed by atoms with van der Waals surface area (Å²) in [6, 6.07) is 4.81. The molecule has 5 nitrogen and oxygen atoms in total. The summed E-state index contributed by atoms with van der Waals surface area (Å²) in [7, 11) is 0. The molecule has 0 saturated carbocycles. The predicted octanol–water partition coefficient (Wildman–Crippen LogP) is 1.80. The van der Waals surface area contributed by atoms with Crippen molar-refractivity contribution in [2.24, 2.45) is 0 Å². The molecule has 0 fully saturated rings. The summed E-state index contributed by atoms with van der Waals surface area (Å²) in [5, 5.41) is 19.8. The number of nitrogens with zero attached hydrogens (tertiary/aromatic N) is 2. The van der Waals surface area contributed by atoms with Crippen molar-refractivity contribution in [3.8, 4) is 5.75 Å². The number of carbonyl (C=O) groups excluding carboxylic acids is 1. The van der Waals surface area contributed by atoms with E-state index in [9.17, 15) is 9.90 Å². The Kier molecular flexibility index (Phi) is 2.82. The third-order valence-electron chi connectivity index (χ3n) is 2.13. The molecule has 0 unspecified atom stereocenters. The summed E-state index contributed by atoms with van der Waals surface area (Å²) in [5.74, 6) is -0.199. The van der Waals surface area contributed by atoms with Crippen molar-refractivity contribution in [3.63, 3.8) is 0 Å². The largest absolute Gasteiger partial charge is 0.508 e. The molecule has 1 amide bonds. The molecule has 1 heterocycles. The molecule has 0 atom stereocenters. The summed E-state index contributed by atoms with van der Waals surface area (Å²) in [6.07, 6.45) is 0. The van der Waals surface area contributed by atoms with Gasteiger partial charge in [0.2, 0.25) is 5.13 Å². The van der Waals surface area contributed by atoms with Crippen LogP contribution in [0.3, 0.4) is 0 Å². The fraction of sp³-hybridized carbons (Fsp3) is 0.100. The van der Waals surface area contributed by atoms with E-state index in [2.05, 4.69) is 15.5 Å². The lowest BCUT2D eigenvalue weighted by molar-refractivity contribution is 0.102. The van der Waals surface area contributed by atoms with E-state index < -0.39 is 0 Å². The highest BCUT2D eigenvalue weighted by Gasteiger charge is 2.12. The van der Waals surface area contributed by atoms with Crippen LogP contribution < -0.4 is 5.32 Å². The maximum atomic E-state index is 11.8. The summed E-state index contributed by atoms with van der Waals surface area (Å²) >= 11 is 1.24. The van der Waals surface area contributed by atoms with Crippen molar-refractivity contribution in [1.29, 1.82) is 0 Å². The van der Waals surface area contributed by atoms with E-state index in [0.717, 1.165) is 0 Å². The van der Waals surface area contributed by atoms with Gasteiger partial charge in [0.1, 0.15) is 11.3 Å². The molecular weight excluding hydrogens is 226 g/mol. The molecule has 2 aromatic rings. The van der Waals surface area contributed by atoms with E-state index in [0.29, 0.717) is 16.3 Å². The molecule has 0 aliphatic carbocycles. The molecule has 0 bridgehead atoms. The van der Waals surface area contributed by atoms with Crippen LogP contribution in [0.1, 0.15) is 15.9 Å². The minimum atomic E-state index is -0.301. The van der Waals surface area contributed by atoms with Crippen molar-refractivity contribution >= 4 is 22.4 Å². The first-order valence-corrected chi connectivity index (χ1v) is 5.42. The molecule has 0 aliphatic heterocycles. The van der Waals surface area contributed by atoms with Gasteiger partial charge >= 0.3 is 0 Å². The number of anilines is 1. The Hall–Kier alpha value is -1.95. The van der Waals surface area contributed by atoms with Crippen molar-refractivity contribution in [2.45, 2.75) is 6.92 Å². The fourth-order valence-corrected chi connectivity index (χ4v) is 1.70. The van der Waals surface area contributed by atoms with E-state index in [1.165, 1.54) is 22.9 Å². The lowest BCUT2D eigenvalue weighted by atomic mass is 10.1. The second-order valence-electron chi connectivity index (χ2n) is 3.15. The quantitative estimate of drug-likeness (QED) is 0.832. The number of phenolic OH excluding ortho intramolecular Hbond substituents is 1. The Morgan fingerprint density at radius 2 is 2.31 bits per heavy atom. The van der Waals surface area contributed by atoms with Crippen LogP contribution in [-0.4, -0.2) is 21.2 Å². The second-order valence-corrected chi connectivity index (χ2v) is 3.98. The molecule has 0 aliphatic rings. The van der Waals surface area contributed by atoms with Gasteiger partial charge in [0.25, 0.3) is 5.91 Å². The smallest absolute Gasteiger partial charge is 0.257 e. The number of hydrogen-bond donors (Lipinski definition) is 2. The molecule has 0 radical (unpaired) electrons. The first-order chi connectivity index (χ1) is 7.68. The number of nitrogens with one attached hydrogen (secondary N) is 1. The Balaban J connectivity index is 2.24. The Bertz CT molecular complexity index is 511. The Morgan fingerprint density at radius 1 is 1.50 bits per heavy atom. The first kappa shape index (κ1) is 10.6. The number of benzene rings is 1. The van der Waals surface area contributed by atoms with Gasteiger partial charge in [0, 0.05) is 11.1 Å². The molecule has 2 rings (SSSR count). The van der Waals surface area contributed by atoms with Crippen LogP contribution in [0.25, 0.3) is 0 Å². The summed E-state index contributed by atoms with van der Waals surface area (Å²) < 4.78 is 0. The molecule has 0 spiro atoms. The molecule has 1 aromatic heterocycles. The van der Waals surface area contributed by atoms with E-state index in [1.54, 1.807) is 19.1 Å². The number of phenols is 1. The standard InChI is InChI=1S/C10H9N3O2S/c1-6-7(3-2-4-8(6)14)9(15)12-10-13-11-5-16-10/h2-5,14H,1H3,(H,12,13,15). The van der Waals surface area contributed by atoms with Gasteiger partial charge < -0.3 is 5.11 Å². The van der Waals surface area contributed by atoms with Crippen LogP contribution >= 0.6 is 11.3 Å². The van der Waals surface area contributed by atoms with Gasteiger partial charge in [0.15, 0.2) is 0 Å². The van der Waals surface area contributed by atoms with Crippen LogP contribution in [0.2, 0.25) is 0 Å². The van der Waals surface area contributed by atoms with E-state index in [4.69, 9.17) is 0 Å². The van der Waals surface area contributed by atoms with Crippen molar-refractivity contribution in [3.05, 3.63) is 34.8 Å². The Labute approximate surface area is 95.8 Å². The summed E-state index contributed by atoms with van der Waals surface area (Å²) in [6.45, 7) is 1.68. The van der Waals surface area contributed by atoms with E-state index >= 15 is 0 Å². The molecular formula is C10H9N3O2S. The average Bonchev–Trinajstić information content (AvgIpc) is 2.74. The highest BCUT2D eigenvalue weighted by molar-refractivity contribution is 7.13. The predicted molar refractivity (Wildman–Crippen MR) is 60.7 cm³/mol. The van der Waals surface area contributed by atoms with Crippen LogP contribution in [0.5, 0.6) is 5.75 Å². The van der Waals surface area contributed by atoms with Crippen LogP contribution in [0.4, 0.5) is 5.13 Å². The number of amides is 1. The van der Waals surface area contributed by atoms with E-state index in [-0.39, 0.29) is 11.7 Å². The third-order valence-corrected chi connectivity index (χ3v) is 2.74. The van der Waals surface area contributed by atoms with Crippen molar-refractivity contribution < 1.29 is 9.90 Å². The van der Waals surface area contributed by atoms with Crippen LogP contribution in [-0.2, 0) is 0 Å². The van der Waals surface area contributed by atoms with Gasteiger partial charge in [-0.15, -0.1) is 10.2 Å². The topological polar surface area (TPSA) is 75.1 Å². The molecule has 0 saturated heterocycles. The third kappa shape index (κ3) is 2.01. The highest BCUT2D eigenvalue weighted by atomic mass is 32.1. The SMILES string of the molecule is Cc1c(O)cccc1C(=O)Nc1nncs1. The molecule has 1 aromatic carbocycles. The summed E-state index contributed by atoms with van der Waals surface area (Å²) in [5.41, 5.74) is 2.50. The number of rotatable bonds is 2. The average molecular weight is 235 g/mol. The normalized spacial score (nSPS) is 10.1. The van der Waals surface area contributed by atoms with Crippen LogP contribution in [0.15, 0.2) is 23.7 Å². The van der Waals surface area contributed by atoms with Gasteiger partial charge in [-0.05, 0) is 19.1 Å². The maximum Gasteiger partial charge on any atom is 0.257 e. The monoisotopic (exact) mass is 235 g/mol. The zero-order valence-corrected chi connectivity index (χ0v) is 9.28. The van der Waals surface area contributed by atoms with Gasteiger partial charge in [-0.1, -0.05) is 17.4 Å². The number of aromatic hydroxyl groups is 1. The molecule has 82 valence electrons. The molecule has 2 N–H and O–H groups in total. The first-order valence-electron chi connectivity index (χ1n) is 4.54. The highest BCUT2D eigenvalue weighted by Crippen LogP contribution is 2.20. The lowest BCUT2D eigenvalue weighted by Gasteiger charge is -2.06. The van der Waals surface area contributed by atoms with Crippen molar-refractivity contribution in [1.82, 2.24) is 10.2 Å². The maximum absolute atomic E-state index is 11.8. The van der Waals surface area contributed by atoms with Gasteiger partial charge in [-0.25, -0.2) is 0 Å². The minimum Gasteiger partial charge on any atom is -0.508 e. The molecule has 16 heavy (non-hydrogen) atoms. The van der Waals surface area contributed by atoms with Crippen LogP contribution in [0, 0.1) is 6.92 Å². The van der Waals surface area contributed by atoms with Gasteiger partial charge in [0.05, 0.1) is 0 Å². The zero-order valence-electron chi connectivity index (χ0n) is 8.47. The zero-order chi connectivity index (χ0) is 11.5. The minimum absolute atomic E-state index is 0.102. The van der Waals surface area contributed by atoms with Gasteiger partial charge in [-0.3, -0.25) is 10.1 Å². The number of aromatic nitrogens is 2. The second kappa shape index (κ2) is 4.28. The summed E-state index contributed by atoms with van der Waals surface area (Å²) in [4.78, 5) is 11.8. The lowest BCUT2D eigenvalue weighted by Crippen LogP contribution is -2.13. The molecule has 6 heteroatoms.